The van der Waals surface area contributed by atoms with Crippen LogP contribution in [0.15, 0.2) is 10.6 Å². The number of nitrogens with one attached hydrogen (secondary N) is 1. The van der Waals surface area contributed by atoms with Gasteiger partial charge in [-0.25, -0.2) is 0 Å². The molecule has 0 spiro atoms. The van der Waals surface area contributed by atoms with Crippen LogP contribution in [0.1, 0.15) is 16.2 Å². The largest absolute Gasteiger partial charge is 0.351 e. The Morgan fingerprint density at radius 2 is 2.36 bits per heavy atom. The highest BCUT2D eigenvalue weighted by atomic mass is 16.5. The topological polar surface area (TPSA) is 58.4 Å². The molecule has 0 fully saturated rings. The number of amides is 1. The molecule has 1 rings (SSSR count). The molecule has 5 nitrogen and oxygen atoms in total. The summed E-state index contributed by atoms with van der Waals surface area (Å²) in [7, 11) is 3.90. The Bertz CT molecular complexity index is 307. The Morgan fingerprint density at radius 1 is 1.64 bits per heavy atom. The first kappa shape index (κ1) is 10.7. The molecule has 0 radical (unpaired) electrons. The van der Waals surface area contributed by atoms with Gasteiger partial charge in [0.2, 0.25) is 5.76 Å². The van der Waals surface area contributed by atoms with Crippen LogP contribution in [0.3, 0.4) is 0 Å². The number of carbonyl (C=O) groups excluding carboxylic acids is 1. The van der Waals surface area contributed by atoms with Crippen LogP contribution < -0.4 is 5.32 Å². The van der Waals surface area contributed by atoms with Crippen LogP contribution in [0.2, 0.25) is 0 Å². The van der Waals surface area contributed by atoms with E-state index in [1.54, 1.807) is 13.0 Å². The zero-order valence-corrected chi connectivity index (χ0v) is 8.70. The summed E-state index contributed by atoms with van der Waals surface area (Å²) < 4.78 is 4.81. The summed E-state index contributed by atoms with van der Waals surface area (Å²) in [6.45, 7) is 3.19. The fourth-order valence-corrected chi connectivity index (χ4v) is 0.951. The lowest BCUT2D eigenvalue weighted by Gasteiger charge is -2.08. The van der Waals surface area contributed by atoms with Crippen LogP contribution in [-0.4, -0.2) is 43.1 Å². The second-order valence-electron chi connectivity index (χ2n) is 3.39. The predicted octanol–water partition coefficient (Wildman–Crippen LogP) is 0.274. The molecule has 0 bridgehead atoms. The maximum atomic E-state index is 11.4. The predicted molar refractivity (Wildman–Crippen MR) is 52.1 cm³/mol. The minimum Gasteiger partial charge on any atom is -0.351 e. The molecule has 14 heavy (non-hydrogen) atoms. The van der Waals surface area contributed by atoms with Gasteiger partial charge in [-0.3, -0.25) is 4.79 Å². The molecule has 0 atom stereocenters. The maximum absolute atomic E-state index is 11.4. The standard InChI is InChI=1S/C9H15N3O2/c1-7-6-8(14-11-7)9(13)10-4-5-12(2)3/h6H,4-5H2,1-3H3,(H,10,13). The van der Waals surface area contributed by atoms with E-state index in [4.69, 9.17) is 4.52 Å². The van der Waals surface area contributed by atoms with Crippen molar-refractivity contribution in [3.05, 3.63) is 17.5 Å². The van der Waals surface area contributed by atoms with Crippen LogP contribution in [0.5, 0.6) is 0 Å². The second-order valence-corrected chi connectivity index (χ2v) is 3.39. The molecule has 1 aromatic rings. The summed E-state index contributed by atoms with van der Waals surface area (Å²) in [5, 5.41) is 6.36. The number of nitrogens with zero attached hydrogens (tertiary/aromatic N) is 2. The van der Waals surface area contributed by atoms with Gasteiger partial charge >= 0.3 is 0 Å². The Hall–Kier alpha value is -1.36. The second kappa shape index (κ2) is 4.76. The van der Waals surface area contributed by atoms with Crippen molar-refractivity contribution in [1.29, 1.82) is 0 Å². The maximum Gasteiger partial charge on any atom is 0.289 e. The molecule has 0 aromatic carbocycles. The smallest absolute Gasteiger partial charge is 0.289 e. The lowest BCUT2D eigenvalue weighted by molar-refractivity contribution is 0.0914. The fraction of sp³-hybridized carbons (Fsp3) is 0.556. The molecule has 5 heteroatoms. The van der Waals surface area contributed by atoms with E-state index in [0.717, 1.165) is 6.54 Å². The fourth-order valence-electron chi connectivity index (χ4n) is 0.951. The Labute approximate surface area is 83.1 Å². The number of carbonyl (C=O) groups is 1. The molecule has 0 saturated carbocycles. The highest BCUT2D eigenvalue weighted by molar-refractivity contribution is 5.91. The molecule has 78 valence electrons. The minimum atomic E-state index is -0.215. The summed E-state index contributed by atoms with van der Waals surface area (Å²) in [6, 6.07) is 1.62. The van der Waals surface area contributed by atoms with Gasteiger partial charge in [0.15, 0.2) is 0 Å². The normalized spacial score (nSPS) is 10.6. The van der Waals surface area contributed by atoms with Gasteiger partial charge in [-0.2, -0.15) is 0 Å². The SMILES string of the molecule is Cc1cc(C(=O)NCCN(C)C)on1. The molecule has 1 aromatic heterocycles. The zero-order chi connectivity index (χ0) is 10.6. The van der Waals surface area contributed by atoms with Crippen LogP contribution in [0, 0.1) is 6.92 Å². The van der Waals surface area contributed by atoms with Crippen LogP contribution in [-0.2, 0) is 0 Å². The van der Waals surface area contributed by atoms with Crippen molar-refractivity contribution in [2.45, 2.75) is 6.92 Å². The molecule has 0 saturated heterocycles. The number of rotatable bonds is 4. The molecule has 0 aliphatic rings. The molecule has 1 N–H and O–H groups in total. The Morgan fingerprint density at radius 3 is 2.86 bits per heavy atom. The van der Waals surface area contributed by atoms with Crippen molar-refractivity contribution >= 4 is 5.91 Å². The van der Waals surface area contributed by atoms with Crippen molar-refractivity contribution in [3.63, 3.8) is 0 Å². The summed E-state index contributed by atoms with van der Waals surface area (Å²) in [4.78, 5) is 13.4. The summed E-state index contributed by atoms with van der Waals surface area (Å²) in [5.74, 6) is 0.0497. The van der Waals surface area contributed by atoms with E-state index in [1.165, 1.54) is 0 Å². The molecular weight excluding hydrogens is 182 g/mol. The molecule has 0 aliphatic carbocycles. The number of hydrogen-bond acceptors (Lipinski definition) is 4. The van der Waals surface area contributed by atoms with Crippen LogP contribution in [0.4, 0.5) is 0 Å². The van der Waals surface area contributed by atoms with E-state index in [-0.39, 0.29) is 11.7 Å². The highest BCUT2D eigenvalue weighted by Crippen LogP contribution is 2.00. The van der Waals surface area contributed by atoms with Crippen LogP contribution >= 0.6 is 0 Å². The van der Waals surface area contributed by atoms with E-state index in [2.05, 4.69) is 10.5 Å². The van der Waals surface area contributed by atoms with Crippen molar-refractivity contribution in [1.82, 2.24) is 15.4 Å². The first-order valence-corrected chi connectivity index (χ1v) is 4.46. The van der Waals surface area contributed by atoms with Gasteiger partial charge in [0.05, 0.1) is 5.69 Å². The lowest BCUT2D eigenvalue weighted by atomic mass is 10.3. The van der Waals surface area contributed by atoms with E-state index >= 15 is 0 Å². The third-order valence-electron chi connectivity index (χ3n) is 1.70. The van der Waals surface area contributed by atoms with Gasteiger partial charge in [-0.15, -0.1) is 0 Å². The number of likely N-dealkylation sites (N-methyl/N-ethyl adjacent to an activating group) is 1. The molecule has 1 heterocycles. The van der Waals surface area contributed by atoms with E-state index in [1.807, 2.05) is 19.0 Å². The Kier molecular flexibility index (Phi) is 3.64. The first-order chi connectivity index (χ1) is 6.59. The van der Waals surface area contributed by atoms with E-state index in [0.29, 0.717) is 12.2 Å². The third kappa shape index (κ3) is 3.18. The van der Waals surface area contributed by atoms with Gasteiger partial charge in [0.1, 0.15) is 0 Å². The average molecular weight is 197 g/mol. The number of aryl methyl sites for hydroxylation is 1. The van der Waals surface area contributed by atoms with Crippen LogP contribution in [0.25, 0.3) is 0 Å². The van der Waals surface area contributed by atoms with Gasteiger partial charge in [-0.1, -0.05) is 5.16 Å². The van der Waals surface area contributed by atoms with Gasteiger partial charge in [0.25, 0.3) is 5.91 Å². The summed E-state index contributed by atoms with van der Waals surface area (Å²) >= 11 is 0. The van der Waals surface area contributed by atoms with Crippen molar-refractivity contribution < 1.29 is 9.32 Å². The zero-order valence-electron chi connectivity index (χ0n) is 8.70. The lowest BCUT2D eigenvalue weighted by Crippen LogP contribution is -2.31. The monoisotopic (exact) mass is 197 g/mol. The summed E-state index contributed by atoms with van der Waals surface area (Å²) in [5.41, 5.74) is 0.711. The van der Waals surface area contributed by atoms with Crippen molar-refractivity contribution in [3.8, 4) is 0 Å². The average Bonchev–Trinajstić information content (AvgIpc) is 2.51. The highest BCUT2D eigenvalue weighted by Gasteiger charge is 2.10. The minimum absolute atomic E-state index is 0.215. The van der Waals surface area contributed by atoms with Crippen molar-refractivity contribution in [2.75, 3.05) is 27.2 Å². The molecule has 0 unspecified atom stereocenters. The number of hydrogen-bond donors (Lipinski definition) is 1. The first-order valence-electron chi connectivity index (χ1n) is 4.46. The molecule has 1 amide bonds. The van der Waals surface area contributed by atoms with Gasteiger partial charge in [-0.05, 0) is 21.0 Å². The molecule has 0 aliphatic heterocycles. The van der Waals surface area contributed by atoms with Gasteiger partial charge < -0.3 is 14.7 Å². The Balaban J connectivity index is 2.36. The van der Waals surface area contributed by atoms with E-state index in [9.17, 15) is 4.79 Å². The molecular formula is C9H15N3O2. The quantitative estimate of drug-likeness (QED) is 0.753. The summed E-state index contributed by atoms with van der Waals surface area (Å²) in [6.07, 6.45) is 0. The van der Waals surface area contributed by atoms with Crippen molar-refractivity contribution in [2.24, 2.45) is 0 Å². The third-order valence-corrected chi connectivity index (χ3v) is 1.70. The van der Waals surface area contributed by atoms with E-state index < -0.39 is 0 Å². The van der Waals surface area contributed by atoms with Gasteiger partial charge in [0, 0.05) is 19.2 Å². The number of aromatic nitrogens is 1.